The molecule has 0 saturated carbocycles. The highest BCUT2D eigenvalue weighted by Crippen LogP contribution is 2.36. The fraction of sp³-hybridized carbons (Fsp3) is 0.375. The summed E-state index contributed by atoms with van der Waals surface area (Å²) in [5, 5.41) is 0. The first-order valence-corrected chi connectivity index (χ1v) is 4.81. The maximum absolute atomic E-state index is 12.5. The van der Waals surface area contributed by atoms with Gasteiger partial charge in [0.15, 0.2) is 5.69 Å². The molecule has 0 radical (unpaired) electrons. The van der Waals surface area contributed by atoms with Crippen LogP contribution in [0.3, 0.4) is 0 Å². The van der Waals surface area contributed by atoms with Crippen molar-refractivity contribution < 1.29 is 22.0 Å². The van der Waals surface area contributed by atoms with Gasteiger partial charge in [0.2, 0.25) is 0 Å². The van der Waals surface area contributed by atoms with Crippen LogP contribution in [-0.2, 0) is 12.7 Å². The molecule has 0 spiro atoms. The molecule has 2 nitrogen and oxygen atoms in total. The molecule has 0 aliphatic heterocycles. The number of halogens is 6. The monoisotopic (exact) mass is 304 g/mol. The van der Waals surface area contributed by atoms with Gasteiger partial charge in [-0.05, 0) is 22.0 Å². The van der Waals surface area contributed by atoms with Gasteiger partial charge in [-0.1, -0.05) is 0 Å². The van der Waals surface area contributed by atoms with Gasteiger partial charge in [0.25, 0.3) is 6.43 Å². The molecule has 1 aromatic rings. The molecule has 0 aliphatic carbocycles. The molecular weight excluding hydrogens is 299 g/mol. The number of hydrogen-bond acceptors (Lipinski definition) is 2. The molecule has 0 aromatic carbocycles. The summed E-state index contributed by atoms with van der Waals surface area (Å²) in [6.07, 6.45) is -7.83. The van der Waals surface area contributed by atoms with Crippen LogP contribution in [-0.4, -0.2) is 4.98 Å². The predicted molar refractivity (Wildman–Crippen MR) is 49.8 cm³/mol. The van der Waals surface area contributed by atoms with E-state index in [1.807, 2.05) is 0 Å². The summed E-state index contributed by atoms with van der Waals surface area (Å²) in [5.41, 5.74) is 2.24. The van der Waals surface area contributed by atoms with Crippen molar-refractivity contribution in [3.63, 3.8) is 0 Å². The van der Waals surface area contributed by atoms with E-state index in [1.165, 1.54) is 0 Å². The molecule has 0 aliphatic rings. The molecule has 8 heteroatoms. The average Bonchev–Trinajstić information content (AvgIpc) is 2.14. The van der Waals surface area contributed by atoms with Gasteiger partial charge in [-0.2, -0.15) is 13.2 Å². The molecule has 90 valence electrons. The summed E-state index contributed by atoms with van der Waals surface area (Å²) < 4.78 is 62.1. The SMILES string of the molecule is NCc1c(C(F)F)cc(Br)nc1C(F)(F)F. The van der Waals surface area contributed by atoms with Crippen molar-refractivity contribution in [3.05, 3.63) is 27.5 Å². The van der Waals surface area contributed by atoms with Crippen molar-refractivity contribution in [2.45, 2.75) is 19.1 Å². The molecule has 1 heterocycles. The van der Waals surface area contributed by atoms with Gasteiger partial charge in [-0.15, -0.1) is 0 Å². The molecule has 1 aromatic heterocycles. The third-order valence-corrected chi connectivity index (χ3v) is 2.24. The zero-order valence-electron chi connectivity index (χ0n) is 7.65. The fourth-order valence-corrected chi connectivity index (χ4v) is 1.63. The number of pyridine rings is 1. The minimum Gasteiger partial charge on any atom is -0.326 e. The minimum atomic E-state index is -4.80. The maximum atomic E-state index is 12.5. The number of alkyl halides is 5. The van der Waals surface area contributed by atoms with E-state index >= 15 is 0 Å². The zero-order chi connectivity index (χ0) is 12.5. The Morgan fingerprint density at radius 1 is 1.38 bits per heavy atom. The first-order valence-electron chi connectivity index (χ1n) is 4.02. The lowest BCUT2D eigenvalue weighted by atomic mass is 10.1. The third kappa shape index (κ3) is 2.67. The van der Waals surface area contributed by atoms with Crippen LogP contribution in [0.5, 0.6) is 0 Å². The van der Waals surface area contributed by atoms with Crippen molar-refractivity contribution in [2.75, 3.05) is 0 Å². The lowest BCUT2D eigenvalue weighted by molar-refractivity contribution is -0.142. The lowest BCUT2D eigenvalue weighted by Crippen LogP contribution is -2.17. The van der Waals surface area contributed by atoms with Gasteiger partial charge in [0, 0.05) is 17.7 Å². The molecule has 0 bridgehead atoms. The molecular formula is C8H6BrF5N2. The van der Waals surface area contributed by atoms with Crippen LogP contribution < -0.4 is 5.73 Å². The van der Waals surface area contributed by atoms with Crippen molar-refractivity contribution in [1.29, 1.82) is 0 Å². The molecule has 0 fully saturated rings. The summed E-state index contributed by atoms with van der Waals surface area (Å²) in [4.78, 5) is 3.14. The number of aromatic nitrogens is 1. The summed E-state index contributed by atoms with van der Waals surface area (Å²) in [6, 6.07) is 0.835. The fourth-order valence-electron chi connectivity index (χ4n) is 1.20. The smallest absolute Gasteiger partial charge is 0.326 e. The highest BCUT2D eigenvalue weighted by Gasteiger charge is 2.37. The van der Waals surface area contributed by atoms with E-state index in [1.54, 1.807) is 0 Å². The standard InChI is InChI=1S/C8H6BrF5N2/c9-5-1-3(7(10)11)4(2-15)6(16-5)8(12,13)14/h1,7H,2,15H2. The Morgan fingerprint density at radius 2 is 1.94 bits per heavy atom. The number of hydrogen-bond donors (Lipinski definition) is 1. The van der Waals surface area contributed by atoms with Gasteiger partial charge < -0.3 is 5.73 Å². The van der Waals surface area contributed by atoms with Gasteiger partial charge in [0.05, 0.1) is 0 Å². The molecule has 0 saturated heterocycles. The van der Waals surface area contributed by atoms with Crippen LogP contribution in [0.15, 0.2) is 10.7 Å². The summed E-state index contributed by atoms with van der Waals surface area (Å²) in [5.74, 6) is 0. The first kappa shape index (κ1) is 13.3. The van der Waals surface area contributed by atoms with Crippen LogP contribution in [0, 0.1) is 0 Å². The van der Waals surface area contributed by atoms with Crippen LogP contribution in [0.1, 0.15) is 23.2 Å². The van der Waals surface area contributed by atoms with Crippen molar-refractivity contribution in [2.24, 2.45) is 5.73 Å². The van der Waals surface area contributed by atoms with Crippen LogP contribution in [0.4, 0.5) is 22.0 Å². The Morgan fingerprint density at radius 3 is 2.31 bits per heavy atom. The topological polar surface area (TPSA) is 38.9 Å². The van der Waals surface area contributed by atoms with Crippen molar-refractivity contribution >= 4 is 15.9 Å². The summed E-state index contributed by atoms with van der Waals surface area (Å²) >= 11 is 2.65. The lowest BCUT2D eigenvalue weighted by Gasteiger charge is -2.14. The Kier molecular flexibility index (Phi) is 3.84. The molecule has 0 unspecified atom stereocenters. The van der Waals surface area contributed by atoms with E-state index in [0.717, 1.165) is 6.07 Å². The van der Waals surface area contributed by atoms with Gasteiger partial charge in [-0.25, -0.2) is 13.8 Å². The van der Waals surface area contributed by atoms with Crippen molar-refractivity contribution in [1.82, 2.24) is 4.98 Å². The van der Waals surface area contributed by atoms with Crippen LogP contribution in [0.25, 0.3) is 0 Å². The quantitative estimate of drug-likeness (QED) is 0.673. The average molecular weight is 305 g/mol. The first-order chi connectivity index (χ1) is 7.27. The Labute approximate surface area is 95.8 Å². The third-order valence-electron chi connectivity index (χ3n) is 1.84. The maximum Gasteiger partial charge on any atom is 0.433 e. The summed E-state index contributed by atoms with van der Waals surface area (Å²) in [6.45, 7) is -0.644. The Hall–Kier alpha value is -0.760. The van der Waals surface area contributed by atoms with E-state index in [9.17, 15) is 22.0 Å². The van der Waals surface area contributed by atoms with Gasteiger partial charge >= 0.3 is 6.18 Å². The Balaban J connectivity index is 3.49. The number of nitrogens with two attached hydrogens (primary N) is 1. The highest BCUT2D eigenvalue weighted by molar-refractivity contribution is 9.10. The molecule has 1 rings (SSSR count). The predicted octanol–water partition coefficient (Wildman–Crippen LogP) is 3.26. The highest BCUT2D eigenvalue weighted by atomic mass is 79.9. The minimum absolute atomic E-state index is 0.299. The Bertz CT molecular complexity index is 391. The van der Waals surface area contributed by atoms with E-state index in [-0.39, 0.29) is 4.60 Å². The number of rotatable bonds is 2. The molecule has 0 atom stereocenters. The molecule has 2 N–H and O–H groups in total. The largest absolute Gasteiger partial charge is 0.433 e. The summed E-state index contributed by atoms with van der Waals surface area (Å²) in [7, 11) is 0. The number of nitrogens with zero attached hydrogens (tertiary/aromatic N) is 1. The normalized spacial score (nSPS) is 12.2. The second-order valence-electron chi connectivity index (χ2n) is 2.86. The molecule has 16 heavy (non-hydrogen) atoms. The van der Waals surface area contributed by atoms with Gasteiger partial charge in [-0.3, -0.25) is 0 Å². The second kappa shape index (κ2) is 4.62. The van der Waals surface area contributed by atoms with E-state index in [2.05, 4.69) is 20.9 Å². The molecule has 0 amide bonds. The van der Waals surface area contributed by atoms with Crippen molar-refractivity contribution in [3.8, 4) is 0 Å². The van der Waals surface area contributed by atoms with Crippen LogP contribution >= 0.6 is 15.9 Å². The van der Waals surface area contributed by atoms with Gasteiger partial charge in [0.1, 0.15) is 4.60 Å². The second-order valence-corrected chi connectivity index (χ2v) is 3.68. The van der Waals surface area contributed by atoms with E-state index in [0.29, 0.717) is 0 Å². The zero-order valence-corrected chi connectivity index (χ0v) is 9.24. The van der Waals surface area contributed by atoms with Crippen LogP contribution in [0.2, 0.25) is 0 Å². The van der Waals surface area contributed by atoms with E-state index < -0.39 is 36.0 Å². The van der Waals surface area contributed by atoms with E-state index in [4.69, 9.17) is 5.73 Å².